The van der Waals surface area contributed by atoms with Gasteiger partial charge in [-0.15, -0.1) is 0 Å². The lowest BCUT2D eigenvalue weighted by Gasteiger charge is -2.29. The van der Waals surface area contributed by atoms with Gasteiger partial charge in [-0.1, -0.05) is 0 Å². The predicted molar refractivity (Wildman–Crippen MR) is 113 cm³/mol. The molecule has 1 aromatic heterocycles. The number of non-ortho nitro benzene ring substituents is 1. The Morgan fingerprint density at radius 3 is 2.59 bits per heavy atom. The number of rotatable bonds is 5. The third kappa shape index (κ3) is 3.96. The average Bonchev–Trinajstić information content (AvgIpc) is 3.47. The van der Waals surface area contributed by atoms with Crippen molar-refractivity contribution in [2.45, 2.75) is 25.9 Å². The number of carbonyl (C=O) groups is 2. The van der Waals surface area contributed by atoms with Crippen LogP contribution in [0, 0.1) is 21.4 Å². The summed E-state index contributed by atoms with van der Waals surface area (Å²) in [6, 6.07) is 11.1. The molecule has 0 bridgehead atoms. The molecule has 9 heteroatoms. The molecule has 0 spiro atoms. The molecule has 9 nitrogen and oxygen atoms in total. The molecule has 3 heterocycles. The zero-order chi connectivity index (χ0) is 22.8. The lowest BCUT2D eigenvalue weighted by Crippen LogP contribution is -2.46. The van der Waals surface area contributed by atoms with Gasteiger partial charge in [0.25, 0.3) is 17.5 Å². The highest BCUT2D eigenvalue weighted by Gasteiger charge is 2.37. The summed E-state index contributed by atoms with van der Waals surface area (Å²) in [7, 11) is 0. The molecular weight excluding hydrogens is 414 g/mol. The predicted octanol–water partition coefficient (Wildman–Crippen LogP) is 3.63. The highest BCUT2D eigenvalue weighted by atomic mass is 16.6. The smallest absolute Gasteiger partial charge is 0.271 e. The molecule has 1 unspecified atom stereocenters. The van der Waals surface area contributed by atoms with E-state index in [2.05, 4.69) is 0 Å². The number of ether oxygens (including phenoxy) is 1. The molecule has 2 amide bonds. The maximum absolute atomic E-state index is 13.1. The number of nitro benzene ring substituents is 1. The lowest BCUT2D eigenvalue weighted by atomic mass is 9.94. The van der Waals surface area contributed by atoms with E-state index in [-0.39, 0.29) is 29.5 Å². The van der Waals surface area contributed by atoms with Crippen molar-refractivity contribution in [1.82, 2.24) is 4.90 Å². The minimum atomic E-state index is -0.617. The zero-order valence-electron chi connectivity index (χ0n) is 17.2. The summed E-state index contributed by atoms with van der Waals surface area (Å²) in [5.74, 6) is -0.307. The molecule has 2 aliphatic heterocycles. The van der Waals surface area contributed by atoms with Crippen LogP contribution in [0.3, 0.4) is 0 Å². The molecule has 2 aromatic rings. The Kier molecular flexibility index (Phi) is 5.71. The van der Waals surface area contributed by atoms with Gasteiger partial charge in [-0.3, -0.25) is 24.6 Å². The first-order valence-electron chi connectivity index (χ1n) is 10.0. The molecule has 0 radical (unpaired) electrons. The Labute approximate surface area is 183 Å². The standard InChI is InChI=1S/C23H19N3O6/c1-14-19(22(27)25(23(28)20(14)12-24)13-18-3-2-10-31-18)11-17-8-9-21(32-17)15-4-6-16(7-5-15)26(29)30/h4-9,11,18H,2-3,10,13H2,1H3/b19-11+. The van der Waals surface area contributed by atoms with Gasteiger partial charge in [-0.25, -0.2) is 0 Å². The van der Waals surface area contributed by atoms with E-state index < -0.39 is 16.7 Å². The Balaban J connectivity index is 1.65. The number of nitriles is 1. The van der Waals surface area contributed by atoms with E-state index in [1.807, 2.05) is 6.07 Å². The largest absolute Gasteiger partial charge is 0.457 e. The summed E-state index contributed by atoms with van der Waals surface area (Å²) in [6.07, 6.45) is 2.87. The topological polar surface area (TPSA) is 127 Å². The molecule has 4 rings (SSSR count). The average molecular weight is 433 g/mol. The van der Waals surface area contributed by atoms with Crippen molar-refractivity contribution >= 4 is 23.6 Å². The maximum Gasteiger partial charge on any atom is 0.271 e. The second-order valence-corrected chi connectivity index (χ2v) is 7.53. The SMILES string of the molecule is CC1=C(C#N)C(=O)N(CC2CCCO2)C(=O)/C1=C/c1ccc(-c2ccc([N+](=O)[O-])cc2)o1. The van der Waals surface area contributed by atoms with Gasteiger partial charge in [0.05, 0.1) is 17.6 Å². The van der Waals surface area contributed by atoms with Gasteiger partial charge in [0, 0.05) is 29.9 Å². The van der Waals surface area contributed by atoms with Crippen LogP contribution in [0.15, 0.2) is 57.5 Å². The quantitative estimate of drug-likeness (QED) is 0.305. The molecule has 1 saturated heterocycles. The fourth-order valence-corrected chi connectivity index (χ4v) is 3.76. The van der Waals surface area contributed by atoms with Gasteiger partial charge >= 0.3 is 0 Å². The van der Waals surface area contributed by atoms with Crippen molar-refractivity contribution in [2.24, 2.45) is 0 Å². The summed E-state index contributed by atoms with van der Waals surface area (Å²) < 4.78 is 11.4. The van der Waals surface area contributed by atoms with Crippen molar-refractivity contribution in [3.8, 4) is 17.4 Å². The summed E-state index contributed by atoms with van der Waals surface area (Å²) >= 11 is 0. The van der Waals surface area contributed by atoms with Crippen LogP contribution < -0.4 is 0 Å². The number of imide groups is 1. The third-order valence-electron chi connectivity index (χ3n) is 5.51. The summed E-state index contributed by atoms with van der Waals surface area (Å²) in [4.78, 5) is 37.2. The van der Waals surface area contributed by atoms with Crippen LogP contribution in [0.1, 0.15) is 25.5 Å². The Hall–Kier alpha value is -4.03. The molecule has 1 fully saturated rings. The van der Waals surface area contributed by atoms with Gasteiger partial charge < -0.3 is 9.15 Å². The normalized spacial score (nSPS) is 20.2. The van der Waals surface area contributed by atoms with E-state index in [1.54, 1.807) is 31.2 Å². The first-order chi connectivity index (χ1) is 15.4. The van der Waals surface area contributed by atoms with E-state index in [1.165, 1.54) is 18.2 Å². The van der Waals surface area contributed by atoms with E-state index in [4.69, 9.17) is 9.15 Å². The molecule has 2 aliphatic rings. The molecule has 1 atom stereocenters. The molecular formula is C23H19N3O6. The van der Waals surface area contributed by atoms with Gasteiger partial charge in [0.1, 0.15) is 23.2 Å². The fourth-order valence-electron chi connectivity index (χ4n) is 3.76. The number of hydrogen-bond acceptors (Lipinski definition) is 7. The van der Waals surface area contributed by atoms with E-state index in [0.29, 0.717) is 29.3 Å². The third-order valence-corrected chi connectivity index (χ3v) is 5.51. The van der Waals surface area contributed by atoms with Crippen LogP contribution in [-0.4, -0.2) is 40.9 Å². The second-order valence-electron chi connectivity index (χ2n) is 7.53. The minimum absolute atomic E-state index is 0.0313. The van der Waals surface area contributed by atoms with E-state index in [9.17, 15) is 25.0 Å². The van der Waals surface area contributed by atoms with Crippen LogP contribution in [0.5, 0.6) is 0 Å². The first kappa shape index (κ1) is 21.2. The molecule has 32 heavy (non-hydrogen) atoms. The van der Waals surface area contributed by atoms with Crippen LogP contribution in [0.2, 0.25) is 0 Å². The number of nitrogens with zero attached hydrogens (tertiary/aromatic N) is 3. The fraction of sp³-hybridized carbons (Fsp3) is 0.261. The highest BCUT2D eigenvalue weighted by molar-refractivity contribution is 6.19. The number of carbonyl (C=O) groups excluding carboxylic acids is 2. The van der Waals surface area contributed by atoms with Crippen molar-refractivity contribution in [2.75, 3.05) is 13.2 Å². The van der Waals surface area contributed by atoms with Gasteiger partial charge in [0.2, 0.25) is 0 Å². The van der Waals surface area contributed by atoms with Gasteiger partial charge in [-0.05, 0) is 55.7 Å². The van der Waals surface area contributed by atoms with Crippen molar-refractivity contribution in [3.63, 3.8) is 0 Å². The van der Waals surface area contributed by atoms with Crippen LogP contribution >= 0.6 is 0 Å². The van der Waals surface area contributed by atoms with E-state index >= 15 is 0 Å². The number of amides is 2. The Bertz CT molecular complexity index is 1190. The Morgan fingerprint density at radius 2 is 1.97 bits per heavy atom. The molecule has 0 aliphatic carbocycles. The van der Waals surface area contributed by atoms with Gasteiger partial charge in [0.15, 0.2) is 0 Å². The molecule has 0 saturated carbocycles. The number of furan rings is 1. The summed E-state index contributed by atoms with van der Waals surface area (Å²) in [5, 5.41) is 20.3. The second kappa shape index (κ2) is 8.61. The van der Waals surface area contributed by atoms with Crippen molar-refractivity contribution in [3.05, 3.63) is 69.0 Å². The molecule has 162 valence electrons. The van der Waals surface area contributed by atoms with Crippen molar-refractivity contribution in [1.29, 1.82) is 5.26 Å². The zero-order valence-corrected chi connectivity index (χ0v) is 17.2. The first-order valence-corrected chi connectivity index (χ1v) is 10.0. The summed E-state index contributed by atoms with van der Waals surface area (Å²) in [6.45, 7) is 2.24. The summed E-state index contributed by atoms with van der Waals surface area (Å²) in [5.41, 5.74) is 1.01. The number of benzene rings is 1. The molecule has 1 aromatic carbocycles. The number of hydrogen-bond donors (Lipinski definition) is 0. The minimum Gasteiger partial charge on any atom is -0.457 e. The van der Waals surface area contributed by atoms with Crippen molar-refractivity contribution < 1.29 is 23.7 Å². The maximum atomic E-state index is 13.1. The highest BCUT2D eigenvalue weighted by Crippen LogP contribution is 2.30. The van der Waals surface area contributed by atoms with Crippen LogP contribution in [0.25, 0.3) is 17.4 Å². The van der Waals surface area contributed by atoms with Gasteiger partial charge in [-0.2, -0.15) is 5.26 Å². The van der Waals surface area contributed by atoms with E-state index in [0.717, 1.165) is 17.7 Å². The Morgan fingerprint density at radius 1 is 1.22 bits per heavy atom. The monoisotopic (exact) mass is 433 g/mol. The number of nitro groups is 1. The molecule has 0 N–H and O–H groups in total. The van der Waals surface area contributed by atoms with Crippen LogP contribution in [-0.2, 0) is 14.3 Å². The van der Waals surface area contributed by atoms with Crippen LogP contribution in [0.4, 0.5) is 5.69 Å². The lowest BCUT2D eigenvalue weighted by molar-refractivity contribution is -0.384.